The summed E-state index contributed by atoms with van der Waals surface area (Å²) in [6, 6.07) is 19.4. The molecule has 0 amide bonds. The van der Waals surface area contributed by atoms with E-state index < -0.39 is 46.7 Å². The highest BCUT2D eigenvalue weighted by Crippen LogP contribution is 2.40. The van der Waals surface area contributed by atoms with Crippen molar-refractivity contribution in [3.8, 4) is 17.2 Å². The molecule has 1 fully saturated rings. The Kier molecular flexibility index (Phi) is 24.6. The lowest BCUT2D eigenvalue weighted by Crippen LogP contribution is -2.25. The first-order valence-electron chi connectivity index (χ1n) is 30.7. The molecule has 8 rings (SSSR count). The number of pyridine rings is 1. The minimum atomic E-state index is -4.45. The van der Waals surface area contributed by atoms with Gasteiger partial charge in [0, 0.05) is 49.0 Å². The van der Waals surface area contributed by atoms with Gasteiger partial charge in [0.2, 0.25) is 10.9 Å². The van der Waals surface area contributed by atoms with Gasteiger partial charge in [0.05, 0.1) is 36.2 Å². The first kappa shape index (κ1) is 64.5. The maximum absolute atomic E-state index is 16.6. The second kappa shape index (κ2) is 32.8. The highest BCUT2D eigenvalue weighted by Gasteiger charge is 2.40. The molecule has 4 aromatic carbocycles. The fourth-order valence-corrected chi connectivity index (χ4v) is 11.7. The van der Waals surface area contributed by atoms with Gasteiger partial charge in [-0.05, 0) is 135 Å². The van der Waals surface area contributed by atoms with Crippen molar-refractivity contribution >= 4 is 66.8 Å². The summed E-state index contributed by atoms with van der Waals surface area (Å²) in [7, 11) is 0. The van der Waals surface area contributed by atoms with Crippen molar-refractivity contribution in [1.82, 2.24) is 19.9 Å². The molecule has 1 saturated carbocycles. The van der Waals surface area contributed by atoms with Gasteiger partial charge in [-0.15, -0.1) is 0 Å². The number of unbranched alkanes of at least 4 members (excludes halogenated alkanes) is 9. The molecule has 3 aromatic heterocycles. The number of hydrazone groups is 1. The number of nitrogens with zero attached hydrogens (tertiary/aromatic N) is 6. The molecule has 3 heterocycles. The van der Waals surface area contributed by atoms with Gasteiger partial charge < -0.3 is 18.9 Å². The Labute approximate surface area is 506 Å². The van der Waals surface area contributed by atoms with Crippen LogP contribution in [0.4, 0.5) is 22.7 Å². The van der Waals surface area contributed by atoms with Gasteiger partial charge in [-0.3, -0.25) is 9.78 Å². The summed E-state index contributed by atoms with van der Waals surface area (Å²) in [6.07, 6.45) is 28.5. The fraction of sp³-hybridized carbons (Fsp3) is 0.435. The van der Waals surface area contributed by atoms with E-state index in [1.54, 1.807) is 23.5 Å². The smallest absolute Gasteiger partial charge is 0.429 e. The second-order valence-electron chi connectivity index (χ2n) is 22.2. The number of anilines is 1. The topological polar surface area (TPSA) is 138 Å². The molecule has 0 aliphatic heterocycles. The zero-order chi connectivity index (χ0) is 60.7. The third-order valence-electron chi connectivity index (χ3n) is 15.9. The second-order valence-corrected chi connectivity index (χ2v) is 23.1. The zero-order valence-corrected chi connectivity index (χ0v) is 50.6. The maximum Gasteiger partial charge on any atom is 0.429 e. The lowest BCUT2D eigenvalue weighted by Gasteiger charge is -2.26. The van der Waals surface area contributed by atoms with Crippen LogP contribution in [0.3, 0.4) is 0 Å². The Hall–Kier alpha value is -7.53. The molecular weight excluding hydrogens is 1120 g/mol. The number of carbonyl (C=O) groups excluding carboxylic acids is 2. The van der Waals surface area contributed by atoms with Crippen LogP contribution in [0.1, 0.15) is 171 Å². The summed E-state index contributed by atoms with van der Waals surface area (Å²) in [5, 5.41) is 8.99. The highest BCUT2D eigenvalue weighted by atomic mass is 32.1. The number of allylic oxidation sites excluding steroid dienone is 4. The van der Waals surface area contributed by atoms with Crippen LogP contribution >= 0.6 is 11.3 Å². The molecule has 0 N–H and O–H groups in total. The molecule has 7 aromatic rings. The van der Waals surface area contributed by atoms with Gasteiger partial charge in [-0.1, -0.05) is 145 Å². The molecule has 0 spiro atoms. The van der Waals surface area contributed by atoms with Crippen LogP contribution in [0.25, 0.3) is 32.2 Å². The Balaban J connectivity index is 0.951. The Morgan fingerprint density at radius 1 is 0.802 bits per heavy atom. The molecule has 1 atom stereocenters. The number of aromatic nitrogens is 4. The molecule has 86 heavy (non-hydrogen) atoms. The third kappa shape index (κ3) is 18.7. The number of thiazole rings is 1. The van der Waals surface area contributed by atoms with E-state index in [1.807, 2.05) is 67.6 Å². The zero-order valence-electron chi connectivity index (χ0n) is 49.8. The molecule has 17 heteroatoms. The Bertz CT molecular complexity index is 3420. The van der Waals surface area contributed by atoms with Gasteiger partial charge in [0.1, 0.15) is 27.4 Å². The van der Waals surface area contributed by atoms with E-state index in [4.69, 9.17) is 34.0 Å². The van der Waals surface area contributed by atoms with Crippen molar-refractivity contribution in [3.05, 3.63) is 156 Å². The lowest BCUT2D eigenvalue weighted by molar-refractivity contribution is -0.187. The predicted octanol–water partition coefficient (Wildman–Crippen LogP) is 18.2. The third-order valence-corrected chi connectivity index (χ3v) is 16.9. The van der Waals surface area contributed by atoms with E-state index >= 15 is 17.6 Å². The molecule has 12 nitrogen and oxygen atoms in total. The molecule has 1 unspecified atom stereocenters. The number of hydrogen-bond donors (Lipinski definition) is 0. The minimum absolute atomic E-state index is 0.0945. The van der Waals surface area contributed by atoms with Gasteiger partial charge in [-0.25, -0.2) is 29.1 Å². The van der Waals surface area contributed by atoms with E-state index in [0.29, 0.717) is 59.6 Å². The van der Waals surface area contributed by atoms with E-state index in [2.05, 4.69) is 42.5 Å². The van der Waals surface area contributed by atoms with Crippen LogP contribution < -0.4 is 19.2 Å². The van der Waals surface area contributed by atoms with Crippen LogP contribution in [0.2, 0.25) is 0 Å². The summed E-state index contributed by atoms with van der Waals surface area (Å²) in [4.78, 5) is 44.1. The summed E-state index contributed by atoms with van der Waals surface area (Å²) < 4.78 is 86.9. The van der Waals surface area contributed by atoms with E-state index in [-0.39, 0.29) is 29.8 Å². The number of carbonyl (C=O) groups is 2. The minimum Gasteiger partial charge on any atom is -0.494 e. The van der Waals surface area contributed by atoms with E-state index in [0.717, 1.165) is 116 Å². The van der Waals surface area contributed by atoms with E-state index in [1.165, 1.54) is 62.1 Å². The van der Waals surface area contributed by atoms with Gasteiger partial charge in [0.15, 0.2) is 11.6 Å². The number of ether oxygens (including phenoxy) is 4. The number of fused-ring (bicyclic) bond motifs is 3. The predicted molar refractivity (Wildman–Crippen MR) is 335 cm³/mol. The number of hydrogen-bond acceptors (Lipinski definition) is 13. The van der Waals surface area contributed by atoms with Crippen molar-refractivity contribution in [1.29, 1.82) is 0 Å². The SMILES string of the molecule is C=CC(=O)OCCCC(CC)CCOc1ccc2cc(CCC(=O)Oc3ccc(C(F)(F)Oc4cc5ncc(C6CCC(/C=C/C=C/C)CC6)nc5cc4/C=N/N(CCCCCCCCCCCC)c4nc5cccnc5s4)c(F)c3F)ccc2c1. The first-order valence-corrected chi connectivity index (χ1v) is 31.5. The highest BCUT2D eigenvalue weighted by molar-refractivity contribution is 7.21. The molecule has 456 valence electrons. The van der Waals surface area contributed by atoms with E-state index in [9.17, 15) is 9.59 Å². The molecule has 1 aliphatic carbocycles. The van der Waals surface area contributed by atoms with Crippen molar-refractivity contribution < 1.29 is 46.1 Å². The van der Waals surface area contributed by atoms with Crippen LogP contribution in [0.5, 0.6) is 17.2 Å². The van der Waals surface area contributed by atoms with Crippen LogP contribution in [-0.4, -0.2) is 57.8 Å². The maximum atomic E-state index is 16.6. The molecule has 0 saturated heterocycles. The van der Waals surface area contributed by atoms with Gasteiger partial charge in [0.25, 0.3) is 0 Å². The van der Waals surface area contributed by atoms with Gasteiger partial charge >= 0.3 is 18.0 Å². The van der Waals surface area contributed by atoms with Crippen molar-refractivity contribution in [2.24, 2.45) is 16.9 Å². The van der Waals surface area contributed by atoms with Crippen molar-refractivity contribution in [2.75, 3.05) is 24.8 Å². The number of aryl methyl sites for hydroxylation is 1. The standard InChI is InChI=1S/C69H80F4N6O6S/c1-5-9-11-12-13-14-15-16-17-19-39-79(68-78-57-24-20-38-74-67(57)86-68)76-46-54-44-59-58(75-47-60(77-59)51-29-25-49(26-30-51)22-18-10-6-2)45-62(54)85-69(72,73)56-34-35-61(66(71)65(56)70)84-64(81)36-28-50-27-31-53-43-55(33-32-52(53)42-50)82-41-37-48(7-3)23-21-40-83-63(80)8-4/h6,8,10,18,20,22,24,27,31-35,38,42-49,51H,4-5,7,9,11-17,19,21,23,25-26,28-30,36-37,39-41H2,1-3H3/b10-6+,22-18+,76-46+. The van der Waals surface area contributed by atoms with Crippen LogP contribution in [-0.2, 0) is 26.9 Å². The summed E-state index contributed by atoms with van der Waals surface area (Å²) in [6.45, 7) is 11.1. The molecule has 0 bridgehead atoms. The number of halogens is 4. The first-order chi connectivity index (χ1) is 41.8. The normalized spacial score (nSPS) is 15.1. The average Bonchev–Trinajstić information content (AvgIpc) is 1.44. The average molecular weight is 1200 g/mol. The Morgan fingerprint density at radius 3 is 2.33 bits per heavy atom. The number of benzene rings is 4. The summed E-state index contributed by atoms with van der Waals surface area (Å²) in [5.41, 5.74) is 1.65. The largest absolute Gasteiger partial charge is 0.494 e. The van der Waals surface area contributed by atoms with Crippen molar-refractivity contribution in [3.63, 3.8) is 0 Å². The van der Waals surface area contributed by atoms with Crippen LogP contribution in [0, 0.1) is 23.5 Å². The van der Waals surface area contributed by atoms with Gasteiger partial charge in [-0.2, -0.15) is 18.3 Å². The molecular formula is C69H80F4N6O6S. The molecule has 0 radical (unpaired) electrons. The number of alkyl halides is 2. The lowest BCUT2D eigenvalue weighted by atomic mass is 9.80. The monoisotopic (exact) mass is 1200 g/mol. The summed E-state index contributed by atoms with van der Waals surface area (Å²) >= 11 is 1.36. The van der Waals surface area contributed by atoms with Crippen LogP contribution in [0.15, 0.2) is 127 Å². The number of rotatable bonds is 34. The Morgan fingerprint density at radius 2 is 1.57 bits per heavy atom. The quantitative estimate of drug-likeness (QED) is 0.00557. The number of esters is 2. The van der Waals surface area contributed by atoms with Crippen molar-refractivity contribution in [2.45, 2.75) is 161 Å². The molecule has 1 aliphatic rings. The summed E-state index contributed by atoms with van der Waals surface area (Å²) in [5.74, 6) is -4.50. The fourth-order valence-electron chi connectivity index (χ4n) is 10.8.